The lowest BCUT2D eigenvalue weighted by Crippen LogP contribution is -2.56. The third-order valence-electron chi connectivity index (χ3n) is 4.37. The molecule has 7 heteroatoms. The summed E-state index contributed by atoms with van der Waals surface area (Å²) in [5.74, 6) is 1.17. The van der Waals surface area contributed by atoms with Gasteiger partial charge in [-0.2, -0.15) is 4.98 Å². The smallest absolute Gasteiger partial charge is 0.224 e. The van der Waals surface area contributed by atoms with E-state index in [1.807, 2.05) is 0 Å². The standard InChI is InChI=1S/C14H19ClN6/c1-2-10-12(17)20(8-16)11-7-18-14(15)19-13(11)21(10)9-5-3-4-6-9/h7-10,16-17H,2-6H2,1H3. The van der Waals surface area contributed by atoms with Gasteiger partial charge in [0.15, 0.2) is 5.82 Å². The molecule has 0 amide bonds. The number of hydrogen-bond acceptors (Lipinski definition) is 5. The van der Waals surface area contributed by atoms with Crippen molar-refractivity contribution in [2.24, 2.45) is 0 Å². The molecule has 1 aliphatic heterocycles. The lowest BCUT2D eigenvalue weighted by Gasteiger charge is -2.44. The number of nitrogens with zero attached hydrogens (tertiary/aromatic N) is 4. The number of hydrogen-bond donors (Lipinski definition) is 2. The molecule has 1 unspecified atom stereocenters. The minimum absolute atomic E-state index is 0.0619. The maximum absolute atomic E-state index is 8.43. The van der Waals surface area contributed by atoms with Gasteiger partial charge in [-0.3, -0.25) is 15.7 Å². The van der Waals surface area contributed by atoms with Crippen molar-refractivity contribution in [2.45, 2.75) is 51.1 Å². The van der Waals surface area contributed by atoms with Crippen molar-refractivity contribution in [2.75, 3.05) is 9.80 Å². The zero-order valence-corrected chi connectivity index (χ0v) is 12.8. The predicted octanol–water partition coefficient (Wildman–Crippen LogP) is 3.06. The predicted molar refractivity (Wildman–Crippen MR) is 84.8 cm³/mol. The summed E-state index contributed by atoms with van der Waals surface area (Å²) in [6.45, 7) is 2.07. The van der Waals surface area contributed by atoms with Crippen LogP contribution in [0.15, 0.2) is 6.20 Å². The molecule has 2 N–H and O–H groups in total. The number of nitrogens with one attached hydrogen (secondary N) is 2. The first-order valence-electron chi connectivity index (χ1n) is 7.36. The SMILES string of the molecule is CCC1C(=N)N(C=N)c2cnc(Cl)nc2N1C1CCCC1. The maximum atomic E-state index is 8.43. The summed E-state index contributed by atoms with van der Waals surface area (Å²) in [5, 5.41) is 16.2. The van der Waals surface area contributed by atoms with Crippen LogP contribution in [0.3, 0.4) is 0 Å². The molecule has 6 nitrogen and oxygen atoms in total. The van der Waals surface area contributed by atoms with Crippen LogP contribution in [-0.2, 0) is 0 Å². The molecule has 2 aliphatic rings. The molecule has 0 aromatic carbocycles. The normalized spacial score (nSPS) is 22.6. The summed E-state index contributed by atoms with van der Waals surface area (Å²) in [4.78, 5) is 12.2. The fourth-order valence-electron chi connectivity index (χ4n) is 3.41. The number of amidine groups is 1. The van der Waals surface area contributed by atoms with Crippen LogP contribution in [0.2, 0.25) is 5.28 Å². The Balaban J connectivity index is 2.13. The molecule has 1 fully saturated rings. The molecule has 1 saturated carbocycles. The van der Waals surface area contributed by atoms with Crippen LogP contribution in [0.25, 0.3) is 0 Å². The first-order valence-corrected chi connectivity index (χ1v) is 7.74. The van der Waals surface area contributed by atoms with E-state index >= 15 is 0 Å². The second-order valence-electron chi connectivity index (χ2n) is 5.50. The van der Waals surface area contributed by atoms with E-state index in [0.29, 0.717) is 17.6 Å². The second-order valence-corrected chi connectivity index (χ2v) is 5.84. The highest BCUT2D eigenvalue weighted by Crippen LogP contribution is 2.39. The van der Waals surface area contributed by atoms with Gasteiger partial charge in [0.25, 0.3) is 0 Å². The molecule has 0 bridgehead atoms. The van der Waals surface area contributed by atoms with Crippen molar-refractivity contribution in [3.05, 3.63) is 11.5 Å². The molecule has 1 aromatic heterocycles. The van der Waals surface area contributed by atoms with Gasteiger partial charge in [-0.15, -0.1) is 0 Å². The topological polar surface area (TPSA) is 80.0 Å². The molecule has 2 heterocycles. The Bertz CT molecular complexity index is 569. The van der Waals surface area contributed by atoms with Crippen molar-refractivity contribution in [1.29, 1.82) is 10.8 Å². The first-order chi connectivity index (χ1) is 10.2. The van der Waals surface area contributed by atoms with E-state index in [9.17, 15) is 0 Å². The van der Waals surface area contributed by atoms with Gasteiger partial charge in [0.1, 0.15) is 11.5 Å². The fraction of sp³-hybridized carbons (Fsp3) is 0.571. The van der Waals surface area contributed by atoms with Gasteiger partial charge in [0, 0.05) is 6.04 Å². The molecule has 1 aliphatic carbocycles. The molecule has 1 aromatic rings. The van der Waals surface area contributed by atoms with Crippen LogP contribution in [-0.4, -0.2) is 34.2 Å². The quantitative estimate of drug-likeness (QED) is 0.511. The Morgan fingerprint density at radius 1 is 1.43 bits per heavy atom. The van der Waals surface area contributed by atoms with Crippen LogP contribution in [0.4, 0.5) is 11.5 Å². The third-order valence-corrected chi connectivity index (χ3v) is 4.55. The van der Waals surface area contributed by atoms with E-state index in [2.05, 4.69) is 21.8 Å². The number of aromatic nitrogens is 2. The molecule has 0 saturated heterocycles. The van der Waals surface area contributed by atoms with Crippen molar-refractivity contribution in [3.8, 4) is 0 Å². The molecule has 0 radical (unpaired) electrons. The average molecular weight is 307 g/mol. The summed E-state index contributed by atoms with van der Waals surface area (Å²) < 4.78 is 0. The van der Waals surface area contributed by atoms with E-state index in [0.717, 1.165) is 31.4 Å². The van der Waals surface area contributed by atoms with Crippen LogP contribution in [0.1, 0.15) is 39.0 Å². The van der Waals surface area contributed by atoms with E-state index in [1.165, 1.54) is 12.8 Å². The van der Waals surface area contributed by atoms with E-state index < -0.39 is 0 Å². The number of anilines is 2. The average Bonchev–Trinajstić information content (AvgIpc) is 3.00. The van der Waals surface area contributed by atoms with E-state index in [4.69, 9.17) is 22.4 Å². The van der Waals surface area contributed by atoms with Crippen LogP contribution in [0, 0.1) is 10.8 Å². The van der Waals surface area contributed by atoms with Crippen molar-refractivity contribution >= 4 is 35.3 Å². The number of halogens is 1. The summed E-state index contributed by atoms with van der Waals surface area (Å²) in [6.07, 6.45) is 8.25. The monoisotopic (exact) mass is 306 g/mol. The fourth-order valence-corrected chi connectivity index (χ4v) is 3.54. The molecular weight excluding hydrogens is 288 g/mol. The number of fused-ring (bicyclic) bond motifs is 1. The Labute approximate surface area is 129 Å². The molecule has 112 valence electrons. The summed E-state index contributed by atoms with van der Waals surface area (Å²) in [7, 11) is 0. The zero-order chi connectivity index (χ0) is 15.0. The third kappa shape index (κ3) is 2.27. The Hall–Kier alpha value is -1.69. The van der Waals surface area contributed by atoms with Crippen molar-refractivity contribution in [3.63, 3.8) is 0 Å². The second kappa shape index (κ2) is 5.60. The van der Waals surface area contributed by atoms with Gasteiger partial charge in [0.2, 0.25) is 5.28 Å². The lowest BCUT2D eigenvalue weighted by atomic mass is 10.0. The Morgan fingerprint density at radius 3 is 2.76 bits per heavy atom. The first kappa shape index (κ1) is 14.3. The molecule has 1 atom stereocenters. The summed E-state index contributed by atoms with van der Waals surface area (Å²) >= 11 is 5.99. The van der Waals surface area contributed by atoms with Gasteiger partial charge in [-0.1, -0.05) is 19.8 Å². The van der Waals surface area contributed by atoms with Gasteiger partial charge < -0.3 is 4.90 Å². The van der Waals surface area contributed by atoms with E-state index in [1.54, 1.807) is 11.1 Å². The lowest BCUT2D eigenvalue weighted by molar-refractivity contribution is 0.548. The number of rotatable bonds is 3. The Morgan fingerprint density at radius 2 is 2.14 bits per heavy atom. The summed E-state index contributed by atoms with van der Waals surface area (Å²) in [6, 6.07) is 0.334. The van der Waals surface area contributed by atoms with Gasteiger partial charge in [-0.05, 0) is 30.9 Å². The minimum Gasteiger partial charge on any atom is -0.342 e. The van der Waals surface area contributed by atoms with Crippen LogP contribution >= 0.6 is 11.6 Å². The Kier molecular flexibility index (Phi) is 3.80. The minimum atomic E-state index is -0.0619. The zero-order valence-electron chi connectivity index (χ0n) is 12.0. The highest BCUT2D eigenvalue weighted by Gasteiger charge is 2.39. The largest absolute Gasteiger partial charge is 0.342 e. The van der Waals surface area contributed by atoms with Crippen molar-refractivity contribution < 1.29 is 0 Å². The molecule has 0 spiro atoms. The van der Waals surface area contributed by atoms with Gasteiger partial charge in [0.05, 0.1) is 18.6 Å². The van der Waals surface area contributed by atoms with Crippen molar-refractivity contribution in [1.82, 2.24) is 9.97 Å². The molecular formula is C14H19ClN6. The van der Waals surface area contributed by atoms with Crippen LogP contribution in [0.5, 0.6) is 0 Å². The highest BCUT2D eigenvalue weighted by atomic mass is 35.5. The van der Waals surface area contributed by atoms with Crippen LogP contribution < -0.4 is 9.80 Å². The summed E-state index contributed by atoms with van der Waals surface area (Å²) in [5.41, 5.74) is 0.677. The van der Waals surface area contributed by atoms with Gasteiger partial charge in [-0.25, -0.2) is 4.98 Å². The highest BCUT2D eigenvalue weighted by molar-refractivity contribution is 6.28. The van der Waals surface area contributed by atoms with Gasteiger partial charge >= 0.3 is 0 Å². The van der Waals surface area contributed by atoms with E-state index in [-0.39, 0.29) is 11.3 Å². The molecule has 21 heavy (non-hydrogen) atoms. The molecule has 3 rings (SSSR count). The maximum Gasteiger partial charge on any atom is 0.224 e.